The molecule has 2 saturated carbocycles. The van der Waals surface area contributed by atoms with Crippen molar-refractivity contribution in [2.24, 2.45) is 5.92 Å². The third-order valence-electron chi connectivity index (χ3n) is 4.72. The maximum Gasteiger partial charge on any atom is 0.224 e. The van der Waals surface area contributed by atoms with Crippen LogP contribution in [0.2, 0.25) is 0 Å². The van der Waals surface area contributed by atoms with Gasteiger partial charge in [-0.2, -0.15) is 9.97 Å². The number of nitrogens with two attached hydrogens (primary N) is 1. The van der Waals surface area contributed by atoms with Gasteiger partial charge in [-0.1, -0.05) is 0 Å². The van der Waals surface area contributed by atoms with Gasteiger partial charge < -0.3 is 21.3 Å². The predicted molar refractivity (Wildman–Crippen MR) is 81.0 cm³/mol. The summed E-state index contributed by atoms with van der Waals surface area (Å²) in [5.41, 5.74) is 5.78. The highest BCUT2D eigenvalue weighted by Crippen LogP contribution is 2.41. The van der Waals surface area contributed by atoms with Crippen LogP contribution in [0.4, 0.5) is 11.8 Å². The Balaban J connectivity index is 1.83. The third kappa shape index (κ3) is 2.02. The summed E-state index contributed by atoms with van der Waals surface area (Å²) in [4.78, 5) is 12.9. The summed E-state index contributed by atoms with van der Waals surface area (Å²) >= 11 is 0. The Morgan fingerprint density at radius 3 is 2.91 bits per heavy atom. The molecule has 0 saturated heterocycles. The maximum atomic E-state index is 11.0. The van der Waals surface area contributed by atoms with Gasteiger partial charge in [0.05, 0.1) is 12.9 Å². The molecule has 2 aliphatic carbocycles. The molecule has 2 heterocycles. The molecule has 0 bridgehead atoms. The monoisotopic (exact) mass is 304 g/mol. The van der Waals surface area contributed by atoms with Crippen molar-refractivity contribution in [3.63, 3.8) is 0 Å². The molecule has 0 aliphatic heterocycles. The lowest BCUT2D eigenvalue weighted by atomic mass is 10.0. The molecule has 8 nitrogen and oxygen atoms in total. The van der Waals surface area contributed by atoms with Gasteiger partial charge in [0.15, 0.2) is 17.0 Å². The van der Waals surface area contributed by atoms with Gasteiger partial charge in [-0.15, -0.1) is 0 Å². The van der Waals surface area contributed by atoms with Crippen LogP contribution in [0.15, 0.2) is 6.33 Å². The summed E-state index contributed by atoms with van der Waals surface area (Å²) in [7, 11) is 0. The standard InChI is InChI=1S/C14H20N6O2/c15-13-18-11(17-9-3-4-9)10-12(19-13)20(7-16-10)14(22)5-1-2-8(14)6-21/h7-9,21-22H,1-6H2,(H3,15,17,18,19). The number of aliphatic hydroxyl groups excluding tert-OH is 1. The molecule has 2 aromatic rings. The van der Waals surface area contributed by atoms with Crippen LogP contribution >= 0.6 is 0 Å². The molecule has 0 spiro atoms. The number of aromatic nitrogens is 4. The molecule has 5 N–H and O–H groups in total. The minimum atomic E-state index is -1.17. The Hall–Kier alpha value is -1.93. The molecule has 118 valence electrons. The average Bonchev–Trinajstić information content (AvgIpc) is 3.06. The van der Waals surface area contributed by atoms with E-state index in [0.717, 1.165) is 25.7 Å². The second-order valence-corrected chi connectivity index (χ2v) is 6.29. The number of nitrogens with zero attached hydrogens (tertiary/aromatic N) is 4. The van der Waals surface area contributed by atoms with Crippen LogP contribution in [0.5, 0.6) is 0 Å². The number of nitrogen functional groups attached to an aromatic ring is 1. The number of fused-ring (bicyclic) bond motifs is 1. The van der Waals surface area contributed by atoms with Gasteiger partial charge in [0.1, 0.15) is 5.72 Å². The highest BCUT2D eigenvalue weighted by atomic mass is 16.3. The summed E-state index contributed by atoms with van der Waals surface area (Å²) in [5.74, 6) is 0.548. The number of anilines is 2. The lowest BCUT2D eigenvalue weighted by Crippen LogP contribution is -2.38. The number of rotatable bonds is 4. The normalized spacial score (nSPS) is 28.4. The quantitative estimate of drug-likeness (QED) is 0.645. The first kappa shape index (κ1) is 13.7. The number of aliphatic hydroxyl groups is 2. The van der Waals surface area contributed by atoms with E-state index in [1.807, 2.05) is 0 Å². The summed E-state index contributed by atoms with van der Waals surface area (Å²) in [5, 5.41) is 23.9. The van der Waals surface area contributed by atoms with Crippen LogP contribution < -0.4 is 11.1 Å². The van der Waals surface area contributed by atoms with E-state index in [9.17, 15) is 10.2 Å². The molecule has 22 heavy (non-hydrogen) atoms. The number of hydrogen-bond donors (Lipinski definition) is 4. The Morgan fingerprint density at radius 1 is 1.36 bits per heavy atom. The van der Waals surface area contributed by atoms with Crippen LogP contribution in [-0.2, 0) is 5.72 Å². The molecule has 0 aromatic carbocycles. The van der Waals surface area contributed by atoms with Crippen LogP contribution in [-0.4, -0.2) is 42.4 Å². The topological polar surface area (TPSA) is 122 Å². The molecule has 0 amide bonds. The maximum absolute atomic E-state index is 11.0. The third-order valence-corrected chi connectivity index (χ3v) is 4.72. The van der Waals surface area contributed by atoms with E-state index in [1.165, 1.54) is 0 Å². The van der Waals surface area contributed by atoms with Crippen molar-refractivity contribution in [1.82, 2.24) is 19.5 Å². The van der Waals surface area contributed by atoms with E-state index in [2.05, 4.69) is 20.3 Å². The first-order valence-corrected chi connectivity index (χ1v) is 7.72. The van der Waals surface area contributed by atoms with Gasteiger partial charge in [-0.25, -0.2) is 4.98 Å². The Labute approximate surface area is 127 Å². The highest BCUT2D eigenvalue weighted by Gasteiger charge is 2.43. The van der Waals surface area contributed by atoms with Gasteiger partial charge in [0.25, 0.3) is 0 Å². The van der Waals surface area contributed by atoms with Crippen molar-refractivity contribution in [2.75, 3.05) is 17.7 Å². The minimum Gasteiger partial charge on any atom is -0.396 e. The number of hydrogen-bond acceptors (Lipinski definition) is 7. The van der Waals surface area contributed by atoms with E-state index >= 15 is 0 Å². The minimum absolute atomic E-state index is 0.0656. The Bertz CT molecular complexity index is 713. The summed E-state index contributed by atoms with van der Waals surface area (Å²) in [6.45, 7) is -0.0656. The molecular formula is C14H20N6O2. The molecule has 8 heteroatoms. The van der Waals surface area contributed by atoms with Crippen LogP contribution in [0.3, 0.4) is 0 Å². The fourth-order valence-corrected chi connectivity index (χ4v) is 3.32. The summed E-state index contributed by atoms with van der Waals surface area (Å²) in [6.07, 6.45) is 6.00. The lowest BCUT2D eigenvalue weighted by molar-refractivity contribution is -0.0844. The highest BCUT2D eigenvalue weighted by molar-refractivity contribution is 5.84. The molecule has 2 atom stereocenters. The van der Waals surface area contributed by atoms with Gasteiger partial charge >= 0.3 is 0 Å². The molecule has 2 aliphatic rings. The fraction of sp³-hybridized carbons (Fsp3) is 0.643. The summed E-state index contributed by atoms with van der Waals surface area (Å²) in [6, 6.07) is 0.419. The molecule has 4 rings (SSSR count). The molecule has 0 radical (unpaired) electrons. The van der Waals surface area contributed by atoms with E-state index in [0.29, 0.717) is 29.4 Å². The first-order chi connectivity index (χ1) is 10.6. The zero-order valence-electron chi connectivity index (χ0n) is 12.2. The average molecular weight is 304 g/mol. The SMILES string of the molecule is Nc1nc(NC2CC2)c2ncn(C3(O)CCCC3CO)c2n1. The van der Waals surface area contributed by atoms with Crippen molar-refractivity contribution in [2.45, 2.75) is 43.9 Å². The summed E-state index contributed by atoms with van der Waals surface area (Å²) < 4.78 is 1.65. The van der Waals surface area contributed by atoms with Crippen LogP contribution in [0.25, 0.3) is 11.2 Å². The number of nitrogens with one attached hydrogen (secondary N) is 1. The van der Waals surface area contributed by atoms with Crippen molar-refractivity contribution < 1.29 is 10.2 Å². The Morgan fingerprint density at radius 2 is 2.18 bits per heavy atom. The second kappa shape index (κ2) is 4.79. The van der Waals surface area contributed by atoms with E-state index < -0.39 is 5.72 Å². The molecular weight excluding hydrogens is 284 g/mol. The molecule has 2 unspecified atom stereocenters. The Kier molecular flexibility index (Phi) is 2.98. The van der Waals surface area contributed by atoms with Crippen molar-refractivity contribution in [1.29, 1.82) is 0 Å². The zero-order chi connectivity index (χ0) is 15.3. The largest absolute Gasteiger partial charge is 0.396 e. The van der Waals surface area contributed by atoms with Crippen molar-refractivity contribution >= 4 is 22.9 Å². The zero-order valence-corrected chi connectivity index (χ0v) is 12.2. The van der Waals surface area contributed by atoms with Gasteiger partial charge in [-0.05, 0) is 32.1 Å². The van der Waals surface area contributed by atoms with Gasteiger partial charge in [-0.3, -0.25) is 4.57 Å². The van der Waals surface area contributed by atoms with E-state index in [1.54, 1.807) is 10.9 Å². The van der Waals surface area contributed by atoms with Gasteiger partial charge in [0.2, 0.25) is 5.95 Å². The molecule has 2 aromatic heterocycles. The smallest absolute Gasteiger partial charge is 0.224 e. The number of imidazole rings is 1. The lowest BCUT2D eigenvalue weighted by Gasteiger charge is -2.30. The van der Waals surface area contributed by atoms with Crippen LogP contribution in [0, 0.1) is 5.92 Å². The van der Waals surface area contributed by atoms with Crippen molar-refractivity contribution in [3.05, 3.63) is 6.33 Å². The van der Waals surface area contributed by atoms with E-state index in [-0.39, 0.29) is 18.5 Å². The predicted octanol–water partition coefficient (Wildman–Crippen LogP) is 0.420. The van der Waals surface area contributed by atoms with E-state index in [4.69, 9.17) is 5.73 Å². The van der Waals surface area contributed by atoms with Crippen LogP contribution in [0.1, 0.15) is 32.1 Å². The second-order valence-electron chi connectivity index (χ2n) is 6.29. The van der Waals surface area contributed by atoms with Gasteiger partial charge in [0, 0.05) is 12.0 Å². The fourth-order valence-electron chi connectivity index (χ4n) is 3.32. The van der Waals surface area contributed by atoms with Crippen molar-refractivity contribution in [3.8, 4) is 0 Å². The molecule has 2 fully saturated rings. The first-order valence-electron chi connectivity index (χ1n) is 7.72.